The molecule has 8 nitrogen and oxygen atoms in total. The zero-order chi connectivity index (χ0) is 21.3. The normalized spacial score (nSPS) is 16.8. The molecule has 0 saturated carbocycles. The van der Waals surface area contributed by atoms with E-state index in [0.717, 1.165) is 37.9 Å². The van der Waals surface area contributed by atoms with Crippen LogP contribution in [0.15, 0.2) is 29.3 Å². The van der Waals surface area contributed by atoms with E-state index < -0.39 is 0 Å². The van der Waals surface area contributed by atoms with E-state index >= 15 is 0 Å². The molecule has 2 aliphatic rings. The molecule has 0 atom stereocenters. The number of benzene rings is 1. The van der Waals surface area contributed by atoms with Crippen LogP contribution in [0.1, 0.15) is 38.7 Å². The Kier molecular flexibility index (Phi) is 10.4. The van der Waals surface area contributed by atoms with Crippen LogP contribution in [-0.2, 0) is 16.0 Å². The van der Waals surface area contributed by atoms with Gasteiger partial charge in [0.05, 0.1) is 6.61 Å². The number of likely N-dealkylation sites (tertiary alicyclic amines) is 1. The highest BCUT2D eigenvalue weighted by Crippen LogP contribution is 2.26. The van der Waals surface area contributed by atoms with Crippen molar-refractivity contribution in [2.24, 2.45) is 4.99 Å². The van der Waals surface area contributed by atoms with Gasteiger partial charge in [-0.15, -0.1) is 24.0 Å². The Morgan fingerprint density at radius 2 is 1.90 bits per heavy atom. The van der Waals surface area contributed by atoms with Gasteiger partial charge in [0.25, 0.3) is 0 Å². The zero-order valence-electron chi connectivity index (χ0n) is 18.4. The van der Waals surface area contributed by atoms with Crippen molar-refractivity contribution in [3.63, 3.8) is 0 Å². The number of hydrogen-bond acceptors (Lipinski definition) is 4. The molecule has 1 fully saturated rings. The van der Waals surface area contributed by atoms with E-state index in [1.807, 2.05) is 36.9 Å². The topological polar surface area (TPSA) is 86.3 Å². The first-order valence-electron chi connectivity index (χ1n) is 11.0. The van der Waals surface area contributed by atoms with Crippen molar-refractivity contribution in [3.8, 4) is 0 Å². The number of carbonyl (C=O) groups is 2. The summed E-state index contributed by atoms with van der Waals surface area (Å²) >= 11 is 0. The van der Waals surface area contributed by atoms with Crippen LogP contribution in [0.3, 0.4) is 0 Å². The zero-order valence-corrected chi connectivity index (χ0v) is 20.8. The van der Waals surface area contributed by atoms with Crippen molar-refractivity contribution >= 4 is 47.6 Å². The third-order valence-electron chi connectivity index (χ3n) is 5.49. The first-order chi connectivity index (χ1) is 14.6. The first-order valence-corrected chi connectivity index (χ1v) is 11.0. The molecular formula is C22H34IN5O3. The summed E-state index contributed by atoms with van der Waals surface area (Å²) in [6.45, 7) is 7.07. The van der Waals surface area contributed by atoms with Crippen molar-refractivity contribution in [3.05, 3.63) is 29.8 Å². The number of amides is 2. The average molecular weight is 543 g/mol. The van der Waals surface area contributed by atoms with Gasteiger partial charge in [0.2, 0.25) is 5.91 Å². The molecule has 0 aromatic heterocycles. The largest absolute Gasteiger partial charge is 0.450 e. The minimum Gasteiger partial charge on any atom is -0.450 e. The monoisotopic (exact) mass is 543 g/mol. The number of guanidine groups is 1. The molecule has 0 aliphatic carbocycles. The lowest BCUT2D eigenvalue weighted by atomic mass is 10.0. The van der Waals surface area contributed by atoms with E-state index in [0.29, 0.717) is 32.2 Å². The van der Waals surface area contributed by atoms with Crippen LogP contribution >= 0.6 is 24.0 Å². The molecular weight excluding hydrogens is 509 g/mol. The summed E-state index contributed by atoms with van der Waals surface area (Å²) in [6.07, 6.45) is 3.37. The van der Waals surface area contributed by atoms with Gasteiger partial charge in [-0.25, -0.2) is 9.79 Å². The number of anilines is 1. The van der Waals surface area contributed by atoms with Crippen LogP contribution < -0.4 is 15.5 Å². The minimum absolute atomic E-state index is 0. The fourth-order valence-electron chi connectivity index (χ4n) is 3.96. The summed E-state index contributed by atoms with van der Waals surface area (Å²) in [6, 6.07) is 8.30. The first kappa shape index (κ1) is 25.2. The number of carbonyl (C=O) groups excluding carboxylic acids is 2. The summed E-state index contributed by atoms with van der Waals surface area (Å²) in [5.41, 5.74) is 2.23. The van der Waals surface area contributed by atoms with E-state index in [-0.39, 0.29) is 48.6 Å². The van der Waals surface area contributed by atoms with Crippen LogP contribution in [0.4, 0.5) is 10.5 Å². The average Bonchev–Trinajstić information content (AvgIpc) is 2.77. The molecule has 0 radical (unpaired) electrons. The Morgan fingerprint density at radius 3 is 2.61 bits per heavy atom. The molecule has 2 aliphatic heterocycles. The Hall–Kier alpha value is -2.04. The second kappa shape index (κ2) is 12.7. The Balaban J connectivity index is 0.00000341. The molecule has 172 valence electrons. The fourth-order valence-corrected chi connectivity index (χ4v) is 3.96. The van der Waals surface area contributed by atoms with Gasteiger partial charge in [-0.1, -0.05) is 18.2 Å². The van der Waals surface area contributed by atoms with Gasteiger partial charge in [-0.05, 0) is 51.2 Å². The number of aliphatic imine (C=N–C) groups is 1. The van der Waals surface area contributed by atoms with Crippen LogP contribution in [-0.4, -0.2) is 68.2 Å². The van der Waals surface area contributed by atoms with Crippen molar-refractivity contribution in [2.45, 2.75) is 45.6 Å². The number of nitrogens with one attached hydrogen (secondary N) is 2. The Labute approximate surface area is 201 Å². The molecule has 1 aromatic carbocycles. The fraction of sp³-hybridized carbons (Fsp3) is 0.591. The van der Waals surface area contributed by atoms with E-state index in [1.54, 1.807) is 4.90 Å². The molecule has 1 aromatic rings. The molecule has 0 bridgehead atoms. The highest BCUT2D eigenvalue weighted by Gasteiger charge is 2.25. The van der Waals surface area contributed by atoms with Gasteiger partial charge in [0.15, 0.2) is 5.96 Å². The van der Waals surface area contributed by atoms with Crippen LogP contribution in [0, 0.1) is 0 Å². The summed E-state index contributed by atoms with van der Waals surface area (Å²) in [4.78, 5) is 32.8. The minimum atomic E-state index is -0.246. The maximum absolute atomic E-state index is 12.8. The SMILES string of the molecule is CCNC(=NCC(=O)N1CCCc2ccccc21)NC1CCN(C(=O)OCC)CC1.I. The van der Waals surface area contributed by atoms with E-state index in [4.69, 9.17) is 4.74 Å². The molecule has 9 heteroatoms. The molecule has 3 rings (SSSR count). The standard InChI is InChI=1S/C22H33N5O3.HI/c1-3-23-21(25-18-11-14-26(15-12-18)22(29)30-4-2)24-16-20(28)27-13-7-9-17-8-5-6-10-19(17)27;/h5-6,8,10,18H,3-4,7,9,11-16H2,1-2H3,(H2,23,24,25);1H. The maximum Gasteiger partial charge on any atom is 0.409 e. The number of fused-ring (bicyclic) bond motifs is 1. The van der Waals surface area contributed by atoms with Crippen molar-refractivity contribution < 1.29 is 14.3 Å². The van der Waals surface area contributed by atoms with Crippen LogP contribution in [0.5, 0.6) is 0 Å². The quantitative estimate of drug-likeness (QED) is 0.339. The third-order valence-corrected chi connectivity index (χ3v) is 5.49. The molecule has 2 heterocycles. The number of rotatable bonds is 5. The molecule has 0 spiro atoms. The summed E-state index contributed by atoms with van der Waals surface area (Å²) in [7, 11) is 0. The number of halogens is 1. The lowest BCUT2D eigenvalue weighted by molar-refractivity contribution is -0.117. The van der Waals surface area contributed by atoms with E-state index in [1.165, 1.54) is 5.56 Å². The van der Waals surface area contributed by atoms with Gasteiger partial charge in [-0.3, -0.25) is 4.79 Å². The van der Waals surface area contributed by atoms with E-state index in [2.05, 4.69) is 21.7 Å². The second-order valence-electron chi connectivity index (χ2n) is 7.58. The van der Waals surface area contributed by atoms with Crippen molar-refractivity contribution in [1.29, 1.82) is 0 Å². The smallest absolute Gasteiger partial charge is 0.409 e. The maximum atomic E-state index is 12.8. The van der Waals surface area contributed by atoms with Crippen molar-refractivity contribution in [2.75, 3.05) is 44.2 Å². The summed E-state index contributed by atoms with van der Waals surface area (Å²) in [5, 5.41) is 6.64. The van der Waals surface area contributed by atoms with Crippen LogP contribution in [0.2, 0.25) is 0 Å². The van der Waals surface area contributed by atoms with Gasteiger partial charge in [0, 0.05) is 37.9 Å². The molecule has 31 heavy (non-hydrogen) atoms. The highest BCUT2D eigenvalue weighted by molar-refractivity contribution is 14.0. The number of nitrogens with zero attached hydrogens (tertiary/aromatic N) is 3. The number of ether oxygens (including phenoxy) is 1. The van der Waals surface area contributed by atoms with E-state index in [9.17, 15) is 9.59 Å². The van der Waals surface area contributed by atoms with Gasteiger partial charge in [0.1, 0.15) is 6.54 Å². The number of aryl methyl sites for hydroxylation is 1. The predicted molar refractivity (Wildman–Crippen MR) is 133 cm³/mol. The number of piperidine rings is 1. The van der Waals surface area contributed by atoms with Gasteiger partial charge in [-0.2, -0.15) is 0 Å². The number of para-hydroxylation sites is 1. The van der Waals surface area contributed by atoms with Gasteiger partial charge >= 0.3 is 6.09 Å². The molecule has 2 N–H and O–H groups in total. The Morgan fingerprint density at radius 1 is 1.16 bits per heavy atom. The number of hydrogen-bond donors (Lipinski definition) is 2. The lowest BCUT2D eigenvalue weighted by Gasteiger charge is -2.32. The summed E-state index contributed by atoms with van der Waals surface area (Å²) in [5.74, 6) is 0.655. The van der Waals surface area contributed by atoms with Gasteiger partial charge < -0.3 is 25.2 Å². The highest BCUT2D eigenvalue weighted by atomic mass is 127. The molecule has 1 saturated heterocycles. The second-order valence-corrected chi connectivity index (χ2v) is 7.58. The Bertz CT molecular complexity index is 765. The third kappa shape index (κ3) is 6.98. The molecule has 0 unspecified atom stereocenters. The molecule has 2 amide bonds. The summed E-state index contributed by atoms with van der Waals surface area (Å²) < 4.78 is 5.07. The predicted octanol–water partition coefficient (Wildman–Crippen LogP) is 2.76. The lowest BCUT2D eigenvalue weighted by Crippen LogP contribution is -2.50. The van der Waals surface area contributed by atoms with Crippen molar-refractivity contribution in [1.82, 2.24) is 15.5 Å². The van der Waals surface area contributed by atoms with Crippen LogP contribution in [0.25, 0.3) is 0 Å².